The van der Waals surface area contributed by atoms with Gasteiger partial charge in [0.2, 0.25) is 5.88 Å². The number of H-pyrrole nitrogens is 1. The topological polar surface area (TPSA) is 50.8 Å². The summed E-state index contributed by atoms with van der Waals surface area (Å²) in [6.45, 7) is 0. The van der Waals surface area contributed by atoms with Crippen molar-refractivity contribution in [3.8, 4) is 5.88 Å². The Kier molecular flexibility index (Phi) is 1.25. The zero-order chi connectivity index (χ0) is 7.68. The summed E-state index contributed by atoms with van der Waals surface area (Å²) in [7, 11) is 1.58. The number of pyridine rings is 1. The summed E-state index contributed by atoms with van der Waals surface area (Å²) in [6, 6.07) is 1.78. The second-order valence-corrected chi connectivity index (χ2v) is 2.15. The Bertz CT molecular complexity index is 368. The average Bonchev–Trinajstić information content (AvgIpc) is 2.50. The van der Waals surface area contributed by atoms with Crippen molar-refractivity contribution in [3.05, 3.63) is 18.6 Å². The van der Waals surface area contributed by atoms with Gasteiger partial charge in [0.1, 0.15) is 0 Å². The van der Waals surface area contributed by atoms with Crippen LogP contribution in [0.15, 0.2) is 18.6 Å². The van der Waals surface area contributed by atoms with E-state index in [2.05, 4.69) is 15.0 Å². The molecule has 0 saturated carbocycles. The summed E-state index contributed by atoms with van der Waals surface area (Å²) in [4.78, 5) is 11.0. The Labute approximate surface area is 63.2 Å². The lowest BCUT2D eigenvalue weighted by Crippen LogP contribution is -1.85. The second-order valence-electron chi connectivity index (χ2n) is 2.15. The zero-order valence-electron chi connectivity index (χ0n) is 6.03. The highest BCUT2D eigenvalue weighted by Gasteiger charge is 1.97. The van der Waals surface area contributed by atoms with Crippen LogP contribution in [0.3, 0.4) is 0 Å². The van der Waals surface area contributed by atoms with Crippen LogP contribution < -0.4 is 4.74 Å². The predicted octanol–water partition coefficient (Wildman–Crippen LogP) is 0.966. The first-order valence-corrected chi connectivity index (χ1v) is 3.23. The van der Waals surface area contributed by atoms with Gasteiger partial charge in [-0.3, -0.25) is 0 Å². The molecular weight excluding hydrogens is 142 g/mol. The summed E-state index contributed by atoms with van der Waals surface area (Å²) in [5.74, 6) is 0.588. The van der Waals surface area contributed by atoms with Crippen molar-refractivity contribution in [2.24, 2.45) is 0 Å². The third-order valence-electron chi connectivity index (χ3n) is 1.49. The Hall–Kier alpha value is -1.58. The normalized spacial score (nSPS) is 10.3. The van der Waals surface area contributed by atoms with Gasteiger partial charge < -0.3 is 9.72 Å². The number of hydrogen-bond donors (Lipinski definition) is 1. The van der Waals surface area contributed by atoms with E-state index in [1.165, 1.54) is 0 Å². The van der Waals surface area contributed by atoms with Crippen LogP contribution in [-0.4, -0.2) is 22.1 Å². The lowest BCUT2D eigenvalue weighted by Gasteiger charge is -1.95. The number of ether oxygens (including phenoxy) is 1. The largest absolute Gasteiger partial charge is 0.481 e. The van der Waals surface area contributed by atoms with E-state index in [1.54, 1.807) is 25.7 Å². The number of imidazole rings is 1. The number of aromatic amines is 1. The van der Waals surface area contributed by atoms with Gasteiger partial charge in [0.15, 0.2) is 0 Å². The Morgan fingerprint density at radius 2 is 2.36 bits per heavy atom. The lowest BCUT2D eigenvalue weighted by atomic mass is 10.4. The molecule has 0 atom stereocenters. The Morgan fingerprint density at radius 3 is 3.18 bits per heavy atom. The molecule has 1 N–H and O–H groups in total. The van der Waals surface area contributed by atoms with Crippen molar-refractivity contribution < 1.29 is 4.74 Å². The molecule has 0 aliphatic carbocycles. The first kappa shape index (κ1) is 6.15. The zero-order valence-corrected chi connectivity index (χ0v) is 6.03. The SMILES string of the molecule is COc1cc2nc[nH]c2cn1. The van der Waals surface area contributed by atoms with E-state index < -0.39 is 0 Å². The standard InChI is InChI=1S/C7H7N3O/c1-11-7-2-5-6(3-8-7)10-4-9-5/h2-4H,1H3,(H,9,10). The van der Waals surface area contributed by atoms with Gasteiger partial charge >= 0.3 is 0 Å². The molecule has 4 heteroatoms. The van der Waals surface area contributed by atoms with Crippen LogP contribution in [0.25, 0.3) is 11.0 Å². The lowest BCUT2D eigenvalue weighted by molar-refractivity contribution is 0.398. The van der Waals surface area contributed by atoms with Crippen LogP contribution in [0.5, 0.6) is 5.88 Å². The fourth-order valence-electron chi connectivity index (χ4n) is 0.927. The van der Waals surface area contributed by atoms with Crippen LogP contribution in [0.2, 0.25) is 0 Å². The van der Waals surface area contributed by atoms with Gasteiger partial charge in [0.05, 0.1) is 30.7 Å². The van der Waals surface area contributed by atoms with Gasteiger partial charge in [-0.2, -0.15) is 0 Å². The number of fused-ring (bicyclic) bond motifs is 1. The van der Waals surface area contributed by atoms with E-state index in [-0.39, 0.29) is 0 Å². The fourth-order valence-corrected chi connectivity index (χ4v) is 0.927. The number of hydrogen-bond acceptors (Lipinski definition) is 3. The molecule has 0 fully saturated rings. The van der Waals surface area contributed by atoms with Crippen LogP contribution in [0.4, 0.5) is 0 Å². The van der Waals surface area contributed by atoms with E-state index in [0.29, 0.717) is 5.88 Å². The molecule has 2 aromatic heterocycles. The molecule has 2 aromatic rings. The minimum absolute atomic E-state index is 0.588. The average molecular weight is 149 g/mol. The Morgan fingerprint density at radius 1 is 1.45 bits per heavy atom. The molecule has 4 nitrogen and oxygen atoms in total. The third-order valence-corrected chi connectivity index (χ3v) is 1.49. The van der Waals surface area contributed by atoms with Crippen molar-refractivity contribution in [2.45, 2.75) is 0 Å². The molecule has 0 radical (unpaired) electrons. The maximum atomic E-state index is 4.93. The quantitative estimate of drug-likeness (QED) is 0.657. The highest BCUT2D eigenvalue weighted by atomic mass is 16.5. The number of nitrogens with zero attached hydrogens (tertiary/aromatic N) is 2. The van der Waals surface area contributed by atoms with Crippen molar-refractivity contribution in [2.75, 3.05) is 7.11 Å². The molecular formula is C7H7N3O. The van der Waals surface area contributed by atoms with Crippen LogP contribution >= 0.6 is 0 Å². The Balaban J connectivity index is 2.67. The molecule has 0 unspecified atom stereocenters. The van der Waals surface area contributed by atoms with Crippen LogP contribution in [-0.2, 0) is 0 Å². The molecule has 0 amide bonds. The molecule has 0 saturated heterocycles. The molecule has 0 aromatic carbocycles. The van der Waals surface area contributed by atoms with Gasteiger partial charge in [-0.05, 0) is 0 Å². The van der Waals surface area contributed by atoms with E-state index >= 15 is 0 Å². The molecule has 0 aliphatic heterocycles. The smallest absolute Gasteiger partial charge is 0.215 e. The van der Waals surface area contributed by atoms with Gasteiger partial charge in [0, 0.05) is 6.07 Å². The molecule has 56 valence electrons. The van der Waals surface area contributed by atoms with E-state index in [1.807, 2.05) is 0 Å². The van der Waals surface area contributed by atoms with E-state index in [4.69, 9.17) is 4.74 Å². The fraction of sp³-hybridized carbons (Fsp3) is 0.143. The highest BCUT2D eigenvalue weighted by Crippen LogP contribution is 2.12. The van der Waals surface area contributed by atoms with E-state index in [0.717, 1.165) is 11.0 Å². The molecule has 0 bridgehead atoms. The molecule has 0 aliphatic rings. The number of rotatable bonds is 1. The van der Waals surface area contributed by atoms with Crippen molar-refractivity contribution in [1.29, 1.82) is 0 Å². The van der Waals surface area contributed by atoms with Gasteiger partial charge in [0.25, 0.3) is 0 Å². The maximum Gasteiger partial charge on any atom is 0.215 e. The molecule has 11 heavy (non-hydrogen) atoms. The van der Waals surface area contributed by atoms with E-state index in [9.17, 15) is 0 Å². The summed E-state index contributed by atoms with van der Waals surface area (Å²) < 4.78 is 4.93. The van der Waals surface area contributed by atoms with Crippen molar-refractivity contribution in [1.82, 2.24) is 15.0 Å². The summed E-state index contributed by atoms with van der Waals surface area (Å²) in [6.07, 6.45) is 3.33. The summed E-state index contributed by atoms with van der Waals surface area (Å²) in [5.41, 5.74) is 1.79. The second kappa shape index (κ2) is 2.23. The third kappa shape index (κ3) is 0.920. The monoisotopic (exact) mass is 149 g/mol. The first-order chi connectivity index (χ1) is 5.40. The van der Waals surface area contributed by atoms with Crippen molar-refractivity contribution >= 4 is 11.0 Å². The predicted molar refractivity (Wildman–Crippen MR) is 40.4 cm³/mol. The molecule has 2 heterocycles. The minimum atomic E-state index is 0.588. The van der Waals surface area contributed by atoms with Gasteiger partial charge in [-0.25, -0.2) is 9.97 Å². The summed E-state index contributed by atoms with van der Waals surface area (Å²) >= 11 is 0. The van der Waals surface area contributed by atoms with Gasteiger partial charge in [-0.1, -0.05) is 0 Å². The van der Waals surface area contributed by atoms with Crippen LogP contribution in [0, 0.1) is 0 Å². The highest BCUT2D eigenvalue weighted by molar-refractivity contribution is 5.74. The number of aromatic nitrogens is 3. The number of nitrogens with one attached hydrogen (secondary N) is 1. The molecule has 0 spiro atoms. The van der Waals surface area contributed by atoms with Crippen LogP contribution in [0.1, 0.15) is 0 Å². The van der Waals surface area contributed by atoms with Gasteiger partial charge in [-0.15, -0.1) is 0 Å². The van der Waals surface area contributed by atoms with Crippen molar-refractivity contribution in [3.63, 3.8) is 0 Å². The summed E-state index contributed by atoms with van der Waals surface area (Å²) in [5, 5.41) is 0. The maximum absolute atomic E-state index is 4.93. The number of methoxy groups -OCH3 is 1. The first-order valence-electron chi connectivity index (χ1n) is 3.23. The minimum Gasteiger partial charge on any atom is -0.481 e. The molecule has 2 rings (SSSR count).